The van der Waals surface area contributed by atoms with Crippen molar-refractivity contribution in [1.82, 2.24) is 9.97 Å². The van der Waals surface area contributed by atoms with E-state index in [1.807, 2.05) is 0 Å². The van der Waals surface area contributed by atoms with Crippen LogP contribution in [0, 0.1) is 0 Å². The normalized spacial score (nSPS) is 12.9. The van der Waals surface area contributed by atoms with Gasteiger partial charge in [0.2, 0.25) is 0 Å². The summed E-state index contributed by atoms with van der Waals surface area (Å²) >= 11 is 0. The summed E-state index contributed by atoms with van der Waals surface area (Å²) in [5, 5.41) is 6.52. The van der Waals surface area contributed by atoms with Gasteiger partial charge in [0, 0.05) is 16.5 Å². The second kappa shape index (κ2) is 12.4. The summed E-state index contributed by atoms with van der Waals surface area (Å²) in [5.41, 5.74) is 13.8. The van der Waals surface area contributed by atoms with Gasteiger partial charge < -0.3 is 0 Å². The van der Waals surface area contributed by atoms with Gasteiger partial charge in [-0.1, -0.05) is 171 Å². The molecule has 0 aliphatic carbocycles. The SMILES string of the molecule is C[Si]1(C)c2ccccc2-c2c1ccc1nc(-c3cccc(-c4cccc(-c5ccc(-c6ccccc6)cc5)c4)c3)nc(-c3ccc4ccccc4c3)c21. The minimum absolute atomic E-state index is 0.734. The fourth-order valence-electron chi connectivity index (χ4n) is 8.29. The van der Waals surface area contributed by atoms with Crippen LogP contribution < -0.4 is 10.4 Å². The molecule has 0 saturated heterocycles. The predicted molar refractivity (Wildman–Crippen MR) is 226 cm³/mol. The molecule has 250 valence electrons. The number of rotatable bonds is 5. The van der Waals surface area contributed by atoms with E-state index in [4.69, 9.17) is 9.97 Å². The predicted octanol–water partition coefficient (Wildman–Crippen LogP) is 11.9. The van der Waals surface area contributed by atoms with Crippen molar-refractivity contribution >= 4 is 40.1 Å². The van der Waals surface area contributed by atoms with Crippen molar-refractivity contribution in [1.29, 1.82) is 0 Å². The highest BCUT2D eigenvalue weighted by Crippen LogP contribution is 2.40. The van der Waals surface area contributed by atoms with Gasteiger partial charge in [-0.25, -0.2) is 9.97 Å². The number of benzene rings is 8. The number of hydrogen-bond donors (Lipinski definition) is 0. The molecule has 0 unspecified atom stereocenters. The van der Waals surface area contributed by atoms with E-state index in [0.29, 0.717) is 0 Å². The molecule has 1 aliphatic rings. The van der Waals surface area contributed by atoms with Crippen LogP contribution in [-0.2, 0) is 0 Å². The van der Waals surface area contributed by atoms with Crippen LogP contribution in [0.2, 0.25) is 13.1 Å². The second-order valence-electron chi connectivity index (χ2n) is 14.6. The standard InChI is InChI=1S/C50H36N2Si/c1-53(2)45-21-9-8-20-43(45)47-46(53)29-28-44-48(47)49(41-27-26-34-14-6-7-15-37(34)31-41)52-50(51-44)42-19-11-18-40(32-42)39-17-10-16-38(30-39)36-24-22-35(23-25-36)33-12-4-3-5-13-33/h3-32H,1-2H3. The van der Waals surface area contributed by atoms with Gasteiger partial charge in [0.1, 0.15) is 8.07 Å². The fourth-order valence-corrected chi connectivity index (χ4v) is 11.4. The van der Waals surface area contributed by atoms with Gasteiger partial charge in [0.25, 0.3) is 0 Å². The molecule has 0 N–H and O–H groups in total. The van der Waals surface area contributed by atoms with E-state index in [1.54, 1.807) is 0 Å². The van der Waals surface area contributed by atoms with Gasteiger partial charge in [-0.15, -0.1) is 0 Å². The van der Waals surface area contributed by atoms with E-state index in [2.05, 4.69) is 195 Å². The third-order valence-electron chi connectivity index (χ3n) is 11.1. The summed E-state index contributed by atoms with van der Waals surface area (Å²) in [7, 11) is -1.89. The Morgan fingerprint density at radius 2 is 0.943 bits per heavy atom. The van der Waals surface area contributed by atoms with E-state index < -0.39 is 8.07 Å². The van der Waals surface area contributed by atoms with Crippen LogP contribution in [0.15, 0.2) is 182 Å². The molecule has 0 amide bonds. The van der Waals surface area contributed by atoms with Crippen LogP contribution in [0.25, 0.3) is 88.8 Å². The van der Waals surface area contributed by atoms with Crippen molar-refractivity contribution in [2.45, 2.75) is 13.1 Å². The van der Waals surface area contributed by atoms with E-state index in [9.17, 15) is 0 Å². The second-order valence-corrected chi connectivity index (χ2v) is 18.9. The fraction of sp³-hybridized carbons (Fsp3) is 0.0400. The van der Waals surface area contributed by atoms with Crippen LogP contribution in [-0.4, -0.2) is 18.0 Å². The van der Waals surface area contributed by atoms with Gasteiger partial charge in [0.15, 0.2) is 5.82 Å². The first kappa shape index (κ1) is 31.3. The Morgan fingerprint density at radius 1 is 0.377 bits per heavy atom. The first-order chi connectivity index (χ1) is 26.0. The number of aromatic nitrogens is 2. The molecule has 0 bridgehead atoms. The average molecular weight is 693 g/mol. The van der Waals surface area contributed by atoms with E-state index in [1.165, 1.54) is 54.5 Å². The molecule has 8 aromatic carbocycles. The third kappa shape index (κ3) is 5.32. The quantitative estimate of drug-likeness (QED) is 0.168. The molecule has 9 aromatic rings. The lowest BCUT2D eigenvalue weighted by Gasteiger charge is -2.19. The molecule has 3 heteroatoms. The zero-order valence-electron chi connectivity index (χ0n) is 29.7. The zero-order chi connectivity index (χ0) is 35.5. The van der Waals surface area contributed by atoms with Crippen LogP contribution in [0.3, 0.4) is 0 Å². The zero-order valence-corrected chi connectivity index (χ0v) is 30.7. The molecule has 0 fully saturated rings. The number of nitrogens with zero attached hydrogens (tertiary/aromatic N) is 2. The Balaban J connectivity index is 1.10. The maximum atomic E-state index is 5.48. The minimum atomic E-state index is -1.89. The van der Waals surface area contributed by atoms with Crippen molar-refractivity contribution < 1.29 is 0 Å². The number of fused-ring (bicyclic) bond motifs is 6. The Bertz CT molecular complexity index is 2860. The average Bonchev–Trinajstić information content (AvgIpc) is 3.46. The van der Waals surface area contributed by atoms with Crippen LogP contribution in [0.4, 0.5) is 0 Å². The highest BCUT2D eigenvalue weighted by molar-refractivity contribution is 7.04. The summed E-state index contributed by atoms with van der Waals surface area (Å²) in [6.07, 6.45) is 0. The maximum absolute atomic E-state index is 5.48. The molecule has 10 rings (SSSR count). The van der Waals surface area contributed by atoms with Gasteiger partial charge >= 0.3 is 0 Å². The van der Waals surface area contributed by atoms with Crippen LogP contribution >= 0.6 is 0 Å². The third-order valence-corrected chi connectivity index (χ3v) is 14.6. The molecule has 0 atom stereocenters. The minimum Gasteiger partial charge on any atom is -0.228 e. The summed E-state index contributed by atoms with van der Waals surface area (Å²) in [5.74, 6) is 0.734. The largest absolute Gasteiger partial charge is 0.228 e. The number of hydrogen-bond acceptors (Lipinski definition) is 2. The summed E-state index contributed by atoms with van der Waals surface area (Å²) in [4.78, 5) is 10.8. The van der Waals surface area contributed by atoms with Gasteiger partial charge in [-0.2, -0.15) is 0 Å². The van der Waals surface area contributed by atoms with Gasteiger partial charge in [-0.3, -0.25) is 0 Å². The first-order valence-corrected chi connectivity index (χ1v) is 21.3. The molecule has 0 spiro atoms. The lowest BCUT2D eigenvalue weighted by Crippen LogP contribution is -2.49. The molecule has 53 heavy (non-hydrogen) atoms. The smallest absolute Gasteiger partial charge is 0.160 e. The molecule has 2 heterocycles. The monoisotopic (exact) mass is 692 g/mol. The molecular weight excluding hydrogens is 657 g/mol. The lowest BCUT2D eigenvalue weighted by molar-refractivity contribution is 1.23. The van der Waals surface area contributed by atoms with E-state index in [-0.39, 0.29) is 0 Å². The Hall–Kier alpha value is -6.42. The Labute approximate surface area is 311 Å². The van der Waals surface area contributed by atoms with E-state index in [0.717, 1.165) is 44.7 Å². The summed E-state index contributed by atoms with van der Waals surface area (Å²) < 4.78 is 0. The molecule has 1 aliphatic heterocycles. The Kier molecular flexibility index (Phi) is 7.31. The highest BCUT2D eigenvalue weighted by atomic mass is 28.3. The summed E-state index contributed by atoms with van der Waals surface area (Å²) in [6.45, 7) is 4.93. The van der Waals surface area contributed by atoms with Gasteiger partial charge in [-0.05, 0) is 89.9 Å². The molecular formula is C50H36N2Si. The van der Waals surface area contributed by atoms with E-state index >= 15 is 0 Å². The molecule has 0 saturated carbocycles. The maximum Gasteiger partial charge on any atom is 0.160 e. The topological polar surface area (TPSA) is 25.8 Å². The molecule has 1 aromatic heterocycles. The summed E-state index contributed by atoms with van der Waals surface area (Å²) in [6, 6.07) is 65.7. The van der Waals surface area contributed by atoms with Crippen molar-refractivity contribution in [3.63, 3.8) is 0 Å². The Morgan fingerprint density at radius 3 is 1.72 bits per heavy atom. The first-order valence-electron chi connectivity index (χ1n) is 18.3. The molecule has 2 nitrogen and oxygen atoms in total. The van der Waals surface area contributed by atoms with Crippen LogP contribution in [0.1, 0.15) is 0 Å². The molecule has 0 radical (unpaired) electrons. The highest BCUT2D eigenvalue weighted by Gasteiger charge is 2.39. The lowest BCUT2D eigenvalue weighted by atomic mass is 9.95. The van der Waals surface area contributed by atoms with Crippen molar-refractivity contribution in [2.24, 2.45) is 0 Å². The van der Waals surface area contributed by atoms with Crippen molar-refractivity contribution in [3.05, 3.63) is 182 Å². The van der Waals surface area contributed by atoms with Crippen LogP contribution in [0.5, 0.6) is 0 Å². The van der Waals surface area contributed by atoms with Crippen molar-refractivity contribution in [3.8, 4) is 67.2 Å². The van der Waals surface area contributed by atoms with Crippen molar-refractivity contribution in [2.75, 3.05) is 0 Å². The van der Waals surface area contributed by atoms with Gasteiger partial charge in [0.05, 0.1) is 11.2 Å².